The Hall–Kier alpha value is -2.07. The third-order valence-corrected chi connectivity index (χ3v) is 3.10. The maximum atomic E-state index is 12.1. The number of aliphatic hydroxyl groups excluding tert-OH is 1. The molecule has 0 aliphatic rings. The Kier molecular flexibility index (Phi) is 4.02. The average Bonchev–Trinajstić information content (AvgIpc) is 2.38. The molecule has 4 heteroatoms. The van der Waals surface area contributed by atoms with Crippen LogP contribution in [0.3, 0.4) is 0 Å². The van der Waals surface area contributed by atoms with Gasteiger partial charge in [0.2, 0.25) is 0 Å². The molecule has 0 aliphatic heterocycles. The van der Waals surface area contributed by atoms with Gasteiger partial charge in [0.15, 0.2) is 0 Å². The maximum Gasteiger partial charge on any atom is 0.253 e. The van der Waals surface area contributed by atoms with Crippen LogP contribution in [0.25, 0.3) is 10.8 Å². The molecule has 0 radical (unpaired) electrons. The number of anilines is 1. The van der Waals surface area contributed by atoms with Crippen molar-refractivity contribution in [3.05, 3.63) is 42.0 Å². The fraction of sp³-hybridized carbons (Fsp3) is 0.267. The van der Waals surface area contributed by atoms with Crippen molar-refractivity contribution in [2.45, 2.75) is 19.4 Å². The van der Waals surface area contributed by atoms with Gasteiger partial charge in [-0.2, -0.15) is 0 Å². The van der Waals surface area contributed by atoms with E-state index in [-0.39, 0.29) is 18.6 Å². The third kappa shape index (κ3) is 3.03. The van der Waals surface area contributed by atoms with Gasteiger partial charge in [0.25, 0.3) is 5.91 Å². The fourth-order valence-corrected chi connectivity index (χ4v) is 2.02. The summed E-state index contributed by atoms with van der Waals surface area (Å²) in [6.45, 7) is 1.90. The summed E-state index contributed by atoms with van der Waals surface area (Å²) in [6.07, 6.45) is 0.527. The Morgan fingerprint density at radius 1 is 1.32 bits per heavy atom. The molecule has 100 valence electrons. The van der Waals surface area contributed by atoms with Crippen molar-refractivity contribution >= 4 is 22.4 Å². The second-order valence-electron chi connectivity index (χ2n) is 4.67. The molecule has 0 aliphatic carbocycles. The summed E-state index contributed by atoms with van der Waals surface area (Å²) < 4.78 is 0. The molecule has 19 heavy (non-hydrogen) atoms. The van der Waals surface area contributed by atoms with Gasteiger partial charge in [0, 0.05) is 18.3 Å². The van der Waals surface area contributed by atoms with Gasteiger partial charge < -0.3 is 16.2 Å². The Morgan fingerprint density at radius 2 is 1.95 bits per heavy atom. The van der Waals surface area contributed by atoms with Gasteiger partial charge in [0.05, 0.1) is 5.56 Å². The first kappa shape index (κ1) is 13.4. The summed E-state index contributed by atoms with van der Waals surface area (Å²) in [5, 5.41) is 13.7. The van der Waals surface area contributed by atoms with Gasteiger partial charge in [0.1, 0.15) is 0 Å². The lowest BCUT2D eigenvalue weighted by Crippen LogP contribution is -2.33. The number of fused-ring (bicyclic) bond motifs is 1. The van der Waals surface area contributed by atoms with Crippen molar-refractivity contribution in [1.82, 2.24) is 5.32 Å². The zero-order chi connectivity index (χ0) is 13.8. The number of nitrogens with one attached hydrogen (secondary N) is 1. The first-order chi connectivity index (χ1) is 9.11. The molecule has 4 nitrogen and oxygen atoms in total. The number of amides is 1. The van der Waals surface area contributed by atoms with Crippen LogP contribution < -0.4 is 11.1 Å². The van der Waals surface area contributed by atoms with E-state index in [1.54, 1.807) is 12.1 Å². The third-order valence-electron chi connectivity index (χ3n) is 3.10. The number of nitrogen functional groups attached to an aromatic ring is 1. The topological polar surface area (TPSA) is 75.3 Å². The fourth-order valence-electron chi connectivity index (χ4n) is 2.02. The van der Waals surface area contributed by atoms with E-state index >= 15 is 0 Å². The van der Waals surface area contributed by atoms with E-state index in [0.717, 1.165) is 10.8 Å². The lowest BCUT2D eigenvalue weighted by molar-refractivity contribution is 0.0935. The predicted octanol–water partition coefficient (Wildman–Crippen LogP) is 1.92. The minimum absolute atomic E-state index is 0.0502. The van der Waals surface area contributed by atoms with Crippen molar-refractivity contribution < 1.29 is 9.90 Å². The highest BCUT2D eigenvalue weighted by atomic mass is 16.3. The molecule has 0 aromatic heterocycles. The zero-order valence-electron chi connectivity index (χ0n) is 10.9. The van der Waals surface area contributed by atoms with Crippen LogP contribution in [0.5, 0.6) is 0 Å². The molecule has 2 rings (SSSR count). The van der Waals surface area contributed by atoms with Crippen molar-refractivity contribution in [1.29, 1.82) is 0 Å². The molecule has 2 aromatic rings. The molecular weight excluding hydrogens is 240 g/mol. The summed E-state index contributed by atoms with van der Waals surface area (Å²) in [5.41, 5.74) is 6.87. The van der Waals surface area contributed by atoms with Gasteiger partial charge in [-0.1, -0.05) is 24.3 Å². The Bertz CT molecular complexity index is 596. The van der Waals surface area contributed by atoms with Crippen molar-refractivity contribution in [2.24, 2.45) is 0 Å². The summed E-state index contributed by atoms with van der Waals surface area (Å²) in [7, 11) is 0. The Labute approximate surface area is 112 Å². The first-order valence-corrected chi connectivity index (χ1v) is 6.32. The van der Waals surface area contributed by atoms with Gasteiger partial charge in [-0.15, -0.1) is 0 Å². The van der Waals surface area contributed by atoms with Gasteiger partial charge in [-0.25, -0.2) is 0 Å². The largest absolute Gasteiger partial charge is 0.398 e. The SMILES string of the molecule is CC(CCO)NC(=O)c1cc2ccccc2cc1N. The van der Waals surface area contributed by atoms with E-state index < -0.39 is 0 Å². The summed E-state index contributed by atoms with van der Waals surface area (Å²) in [5.74, 6) is -0.204. The van der Waals surface area contributed by atoms with Gasteiger partial charge in [-0.05, 0) is 36.2 Å². The van der Waals surface area contributed by atoms with Crippen LogP contribution in [-0.2, 0) is 0 Å². The van der Waals surface area contributed by atoms with E-state index in [4.69, 9.17) is 10.8 Å². The van der Waals surface area contributed by atoms with Crippen LogP contribution in [0.1, 0.15) is 23.7 Å². The monoisotopic (exact) mass is 258 g/mol. The van der Waals surface area contributed by atoms with Crippen LogP contribution in [0.2, 0.25) is 0 Å². The molecule has 2 aromatic carbocycles. The predicted molar refractivity (Wildman–Crippen MR) is 77.0 cm³/mol. The van der Waals surface area contributed by atoms with E-state index in [2.05, 4.69) is 5.32 Å². The number of hydrogen-bond donors (Lipinski definition) is 3. The number of carbonyl (C=O) groups is 1. The van der Waals surface area contributed by atoms with E-state index in [1.807, 2.05) is 31.2 Å². The zero-order valence-corrected chi connectivity index (χ0v) is 10.9. The van der Waals surface area contributed by atoms with Crippen molar-refractivity contribution in [3.8, 4) is 0 Å². The quantitative estimate of drug-likeness (QED) is 0.733. The molecular formula is C15H18N2O2. The van der Waals surface area contributed by atoms with Crippen LogP contribution in [0, 0.1) is 0 Å². The van der Waals surface area contributed by atoms with Gasteiger partial charge in [-0.3, -0.25) is 4.79 Å². The minimum atomic E-state index is -0.204. The molecule has 1 atom stereocenters. The summed E-state index contributed by atoms with van der Waals surface area (Å²) >= 11 is 0. The Balaban J connectivity index is 2.29. The number of hydrogen-bond acceptors (Lipinski definition) is 3. The molecule has 0 saturated carbocycles. The molecule has 4 N–H and O–H groups in total. The lowest BCUT2D eigenvalue weighted by Gasteiger charge is -2.14. The number of carbonyl (C=O) groups excluding carboxylic acids is 1. The minimum Gasteiger partial charge on any atom is -0.398 e. The van der Waals surface area contributed by atoms with Crippen molar-refractivity contribution in [2.75, 3.05) is 12.3 Å². The van der Waals surface area contributed by atoms with E-state index in [9.17, 15) is 4.79 Å². The number of aliphatic hydroxyl groups is 1. The highest BCUT2D eigenvalue weighted by Crippen LogP contribution is 2.21. The molecule has 0 heterocycles. The summed E-state index contributed by atoms with van der Waals surface area (Å²) in [4.78, 5) is 12.1. The van der Waals surface area contributed by atoms with Gasteiger partial charge >= 0.3 is 0 Å². The molecule has 0 bridgehead atoms. The second-order valence-corrected chi connectivity index (χ2v) is 4.67. The van der Waals surface area contributed by atoms with E-state index in [0.29, 0.717) is 17.7 Å². The molecule has 0 fully saturated rings. The molecule has 1 amide bonds. The average molecular weight is 258 g/mol. The first-order valence-electron chi connectivity index (χ1n) is 6.32. The smallest absolute Gasteiger partial charge is 0.253 e. The van der Waals surface area contributed by atoms with Crippen LogP contribution in [0.15, 0.2) is 36.4 Å². The van der Waals surface area contributed by atoms with Crippen LogP contribution >= 0.6 is 0 Å². The number of rotatable bonds is 4. The van der Waals surface area contributed by atoms with Crippen LogP contribution in [0.4, 0.5) is 5.69 Å². The maximum absolute atomic E-state index is 12.1. The number of benzene rings is 2. The molecule has 1 unspecified atom stereocenters. The highest BCUT2D eigenvalue weighted by Gasteiger charge is 2.13. The van der Waals surface area contributed by atoms with Crippen LogP contribution in [-0.4, -0.2) is 23.7 Å². The molecule has 0 spiro atoms. The standard InChI is InChI=1S/C15H18N2O2/c1-10(6-7-18)17-15(19)13-8-11-4-2-3-5-12(11)9-14(13)16/h2-5,8-10,18H,6-7,16H2,1H3,(H,17,19). The number of nitrogens with two attached hydrogens (primary N) is 1. The normalized spacial score (nSPS) is 12.3. The van der Waals surface area contributed by atoms with E-state index in [1.165, 1.54) is 0 Å². The summed E-state index contributed by atoms with van der Waals surface area (Å²) in [6, 6.07) is 11.3. The second kappa shape index (κ2) is 5.71. The molecule has 0 saturated heterocycles. The van der Waals surface area contributed by atoms with Crippen molar-refractivity contribution in [3.63, 3.8) is 0 Å². The lowest BCUT2D eigenvalue weighted by atomic mass is 10.0. The Morgan fingerprint density at radius 3 is 2.58 bits per heavy atom. The highest BCUT2D eigenvalue weighted by molar-refractivity contribution is 6.04.